The van der Waals surface area contributed by atoms with Crippen LogP contribution in [0.3, 0.4) is 0 Å². The molecule has 3 saturated heterocycles. The molecule has 3 aliphatic heterocycles. The SMILES string of the molecule is CCCCCCCCCCCCCC/C=C\CCCCCCCCCCC(=O)NC(COC1OC(CO)C(OC2OC(CO)C(O)C(OC3(C(=O)O)CC(O)C(NC(C)=O)C(C(O)C(O)CO)O3)C2O)C(O)C1O)C(O)CCCCCCCCCCCCC. The molecule has 0 aliphatic carbocycles. The third kappa shape index (κ3) is 30.2. The van der Waals surface area contributed by atoms with E-state index in [2.05, 4.69) is 36.6 Å². The number of hydrogen-bond donors (Lipinski definition) is 14. The number of ether oxygens (including phenoxy) is 6. The number of carboxylic acid groups (broad SMARTS) is 1. The van der Waals surface area contributed by atoms with Crippen LogP contribution in [0.15, 0.2) is 12.2 Å². The lowest BCUT2D eigenvalue weighted by molar-refractivity contribution is -0.386. The molecule has 18 unspecified atom stereocenters. The van der Waals surface area contributed by atoms with Crippen molar-refractivity contribution < 1.29 is 104 Å². The highest BCUT2D eigenvalue weighted by atomic mass is 16.8. The number of carboxylic acids is 1. The molecule has 0 aromatic rings. The molecule has 3 rings (SSSR count). The number of aliphatic hydroxyl groups excluding tert-OH is 11. The summed E-state index contributed by atoms with van der Waals surface area (Å²) < 4.78 is 34.8. The van der Waals surface area contributed by atoms with Crippen molar-refractivity contribution >= 4 is 17.8 Å². The number of amides is 2. The van der Waals surface area contributed by atoms with Crippen LogP contribution in [0.1, 0.15) is 252 Å². The van der Waals surface area contributed by atoms with Gasteiger partial charge < -0.3 is 100 Å². The average Bonchev–Trinajstić information content (AvgIpc) is 0.825. The van der Waals surface area contributed by atoms with Crippen molar-refractivity contribution in [2.24, 2.45) is 0 Å². The van der Waals surface area contributed by atoms with Gasteiger partial charge in [-0.3, -0.25) is 9.59 Å². The number of aliphatic carboxylic acids is 1. The Morgan fingerprint density at radius 2 is 1.04 bits per heavy atom. The first kappa shape index (κ1) is 80.7. The quantitative estimate of drug-likeness (QED) is 0.0249. The third-order valence-electron chi connectivity index (χ3n) is 17.7. The predicted octanol–water partition coefficient (Wildman–Crippen LogP) is 5.90. The van der Waals surface area contributed by atoms with Gasteiger partial charge in [0.2, 0.25) is 11.8 Å². The Morgan fingerprint density at radius 1 is 0.573 bits per heavy atom. The molecule has 89 heavy (non-hydrogen) atoms. The molecule has 0 aromatic carbocycles. The topological polar surface area (TPSA) is 373 Å². The molecule has 0 radical (unpaired) electrons. The highest BCUT2D eigenvalue weighted by molar-refractivity contribution is 5.77. The van der Waals surface area contributed by atoms with Crippen molar-refractivity contribution in [1.82, 2.24) is 10.6 Å². The van der Waals surface area contributed by atoms with Gasteiger partial charge in [-0.25, -0.2) is 4.79 Å². The molecule has 0 saturated carbocycles. The van der Waals surface area contributed by atoms with E-state index in [1.54, 1.807) is 0 Å². The number of allylic oxidation sites excluding steroid dienone is 2. The molecular formula is C66H122N2O21. The normalized spacial score (nSPS) is 28.8. The number of aliphatic hydroxyl groups is 11. The van der Waals surface area contributed by atoms with Gasteiger partial charge in [0.15, 0.2) is 12.6 Å². The van der Waals surface area contributed by atoms with E-state index >= 15 is 0 Å². The number of carbonyl (C=O) groups excluding carboxylic acids is 2. The van der Waals surface area contributed by atoms with Crippen LogP contribution in [-0.2, 0) is 42.8 Å². The minimum absolute atomic E-state index is 0.221. The standard InChI is InChI=1S/C66H122N2O21/c1-4-6-8-10-12-14-16-17-18-19-20-21-22-23-24-25-26-27-28-30-32-34-36-38-40-53(76)68-47(48(73)39-37-35-33-31-29-15-13-11-9-7-5-2)45-84-63-58(80)57(79)60(52(44-71)86-63)87-64-59(81)62(56(78)51(43-70)85-64)89-66(65(82)83)41-49(74)54(67-46(3)72)61(88-66)55(77)50(75)42-69/h23-24,47-52,54-64,69-71,73-75,77-81H,4-22,25-45H2,1-3H3,(H,67,72)(H,68,76)(H,82,83)/b24-23-. The minimum Gasteiger partial charge on any atom is -0.477 e. The van der Waals surface area contributed by atoms with Crippen molar-refractivity contribution in [2.75, 3.05) is 26.4 Å². The van der Waals surface area contributed by atoms with Crippen molar-refractivity contribution in [2.45, 2.75) is 362 Å². The second-order valence-corrected chi connectivity index (χ2v) is 25.4. The molecule has 2 amide bonds. The second-order valence-electron chi connectivity index (χ2n) is 25.4. The van der Waals surface area contributed by atoms with E-state index < -0.39 is 148 Å². The zero-order valence-corrected chi connectivity index (χ0v) is 54.3. The number of carbonyl (C=O) groups is 3. The van der Waals surface area contributed by atoms with Gasteiger partial charge in [0.25, 0.3) is 5.79 Å². The summed E-state index contributed by atoms with van der Waals surface area (Å²) in [6.45, 7) is 2.19. The third-order valence-corrected chi connectivity index (χ3v) is 17.7. The molecule has 522 valence electrons. The fourth-order valence-corrected chi connectivity index (χ4v) is 12.2. The molecule has 0 bridgehead atoms. The molecule has 18 atom stereocenters. The number of hydrogen-bond acceptors (Lipinski definition) is 20. The number of nitrogens with one attached hydrogen (secondary N) is 2. The van der Waals surface area contributed by atoms with Crippen molar-refractivity contribution in [1.29, 1.82) is 0 Å². The maximum Gasteiger partial charge on any atom is 0.364 e. The Morgan fingerprint density at radius 3 is 1.52 bits per heavy atom. The van der Waals surface area contributed by atoms with Gasteiger partial charge >= 0.3 is 5.97 Å². The first-order chi connectivity index (χ1) is 42.9. The summed E-state index contributed by atoms with van der Waals surface area (Å²) in [4.78, 5) is 38.5. The second kappa shape index (κ2) is 47.4. The molecule has 23 heteroatoms. The molecule has 3 heterocycles. The Balaban J connectivity index is 1.55. The van der Waals surface area contributed by atoms with E-state index in [1.165, 1.54) is 141 Å². The van der Waals surface area contributed by atoms with E-state index in [0.717, 1.165) is 64.7 Å². The van der Waals surface area contributed by atoms with Crippen LogP contribution in [-0.4, -0.2) is 215 Å². The smallest absolute Gasteiger partial charge is 0.364 e. The van der Waals surface area contributed by atoms with Crippen LogP contribution in [0.4, 0.5) is 0 Å². The van der Waals surface area contributed by atoms with Crippen LogP contribution in [0.25, 0.3) is 0 Å². The maximum atomic E-state index is 13.4. The van der Waals surface area contributed by atoms with E-state index in [0.29, 0.717) is 19.3 Å². The summed E-state index contributed by atoms with van der Waals surface area (Å²) in [6, 6.07) is -2.53. The van der Waals surface area contributed by atoms with E-state index in [4.69, 9.17) is 28.4 Å². The summed E-state index contributed by atoms with van der Waals surface area (Å²) >= 11 is 0. The van der Waals surface area contributed by atoms with Crippen LogP contribution in [0, 0.1) is 0 Å². The van der Waals surface area contributed by atoms with Gasteiger partial charge in [-0.05, 0) is 38.5 Å². The fourth-order valence-electron chi connectivity index (χ4n) is 12.2. The van der Waals surface area contributed by atoms with Gasteiger partial charge in [0.1, 0.15) is 67.1 Å². The van der Waals surface area contributed by atoms with Crippen molar-refractivity contribution in [3.8, 4) is 0 Å². The van der Waals surface area contributed by atoms with Gasteiger partial charge in [-0.2, -0.15) is 0 Å². The molecular weight excluding hydrogens is 1160 g/mol. The van der Waals surface area contributed by atoms with Crippen LogP contribution >= 0.6 is 0 Å². The van der Waals surface area contributed by atoms with Crippen LogP contribution in [0.5, 0.6) is 0 Å². The zero-order valence-electron chi connectivity index (χ0n) is 54.3. The number of rotatable bonds is 52. The molecule has 0 aromatic heterocycles. The first-order valence-electron chi connectivity index (χ1n) is 34.5. The maximum absolute atomic E-state index is 13.4. The molecule has 23 nitrogen and oxygen atoms in total. The lowest BCUT2D eigenvalue weighted by atomic mass is 9.88. The van der Waals surface area contributed by atoms with E-state index in [-0.39, 0.29) is 18.9 Å². The Kier molecular flexibility index (Phi) is 43.0. The first-order valence-corrected chi connectivity index (χ1v) is 34.5. The minimum atomic E-state index is -3.08. The molecule has 3 fully saturated rings. The Hall–Kier alpha value is -2.53. The van der Waals surface area contributed by atoms with Crippen LogP contribution < -0.4 is 10.6 Å². The Bertz CT molecular complexity index is 1860. The van der Waals surface area contributed by atoms with Crippen LogP contribution in [0.2, 0.25) is 0 Å². The summed E-state index contributed by atoms with van der Waals surface area (Å²) in [5.41, 5.74) is 0. The zero-order chi connectivity index (χ0) is 65.4. The van der Waals surface area contributed by atoms with E-state index in [1.807, 2.05) is 0 Å². The van der Waals surface area contributed by atoms with E-state index in [9.17, 15) is 75.7 Å². The van der Waals surface area contributed by atoms with Crippen molar-refractivity contribution in [3.63, 3.8) is 0 Å². The highest BCUT2D eigenvalue weighted by Crippen LogP contribution is 2.39. The summed E-state index contributed by atoms with van der Waals surface area (Å²) in [7, 11) is 0. The molecule has 3 aliphatic rings. The largest absolute Gasteiger partial charge is 0.477 e. The van der Waals surface area contributed by atoms with Gasteiger partial charge in [-0.1, -0.05) is 206 Å². The molecule has 14 N–H and O–H groups in total. The average molecular weight is 1280 g/mol. The fraction of sp³-hybridized carbons (Fsp3) is 0.924. The summed E-state index contributed by atoms with van der Waals surface area (Å²) in [5, 5.41) is 136. The monoisotopic (exact) mass is 1280 g/mol. The predicted molar refractivity (Wildman–Crippen MR) is 334 cm³/mol. The molecule has 0 spiro atoms. The van der Waals surface area contributed by atoms with Crippen molar-refractivity contribution in [3.05, 3.63) is 12.2 Å². The van der Waals surface area contributed by atoms with Gasteiger partial charge in [-0.15, -0.1) is 0 Å². The lowest BCUT2D eigenvalue weighted by Gasteiger charge is -2.50. The lowest BCUT2D eigenvalue weighted by Crippen LogP contribution is -2.70. The summed E-state index contributed by atoms with van der Waals surface area (Å²) in [5.74, 6) is -6.10. The highest BCUT2D eigenvalue weighted by Gasteiger charge is 2.60. The van der Waals surface area contributed by atoms with Gasteiger partial charge in [0.05, 0.1) is 50.7 Å². The van der Waals surface area contributed by atoms with Gasteiger partial charge in [0, 0.05) is 19.8 Å². The summed E-state index contributed by atoms with van der Waals surface area (Å²) in [6.07, 6.45) is 15.2. The number of unbranched alkanes of at least 4 members (excludes halogenated alkanes) is 30. The Labute approximate surface area is 531 Å².